The molecule has 5 nitrogen and oxygen atoms in total. The van der Waals surface area contributed by atoms with Gasteiger partial charge in [0.25, 0.3) is 0 Å². The Hall–Kier alpha value is -4.25. The third-order valence-corrected chi connectivity index (χ3v) is 7.11. The fraction of sp³-hybridized carbons (Fsp3) is 0.194. The number of benzene rings is 4. The summed E-state index contributed by atoms with van der Waals surface area (Å²) in [5, 5.41) is 3.68. The van der Waals surface area contributed by atoms with E-state index in [9.17, 15) is 4.79 Å². The minimum absolute atomic E-state index is 0.0251. The highest BCUT2D eigenvalue weighted by Crippen LogP contribution is 2.60. The molecule has 0 aliphatic carbocycles. The molecule has 0 saturated carbocycles. The number of hydrogen-bond acceptors (Lipinski definition) is 4. The first-order valence-electron chi connectivity index (χ1n) is 12.1. The lowest BCUT2D eigenvalue weighted by Gasteiger charge is -2.58. The molecule has 0 aromatic heterocycles. The van der Waals surface area contributed by atoms with Gasteiger partial charge in [-0.3, -0.25) is 9.69 Å². The molecular weight excluding hydrogens is 448 g/mol. The van der Waals surface area contributed by atoms with Crippen molar-refractivity contribution < 1.29 is 14.3 Å². The van der Waals surface area contributed by atoms with Gasteiger partial charge < -0.3 is 14.8 Å². The van der Waals surface area contributed by atoms with Crippen molar-refractivity contribution >= 4 is 17.3 Å². The standard InChI is InChI=1S/C31H30N2O3/c1-31(28(22-14-6-4-7-15-22)32-24-18-10-12-20-26(24)35-2)29(23-16-8-5-9-17-23)33(30(31)34)25-19-11-13-21-27(25)36-3/h4-21,28-29,32H,1-3H3. The Labute approximate surface area is 212 Å². The molecular formula is C31H30N2O3. The van der Waals surface area contributed by atoms with Crippen LogP contribution in [-0.4, -0.2) is 20.1 Å². The molecule has 0 bridgehead atoms. The highest BCUT2D eigenvalue weighted by Gasteiger charge is 2.63. The number of rotatable bonds is 8. The fourth-order valence-electron chi connectivity index (χ4n) is 5.33. The zero-order valence-electron chi connectivity index (χ0n) is 20.7. The van der Waals surface area contributed by atoms with Gasteiger partial charge in [0.05, 0.1) is 43.1 Å². The maximum atomic E-state index is 14.3. The number of β-lactam (4-membered cyclic amide) rings is 1. The van der Waals surface area contributed by atoms with E-state index >= 15 is 0 Å². The van der Waals surface area contributed by atoms with Crippen molar-refractivity contribution in [3.63, 3.8) is 0 Å². The molecule has 4 aromatic rings. The molecule has 4 aromatic carbocycles. The van der Waals surface area contributed by atoms with Crippen LogP contribution in [0.5, 0.6) is 11.5 Å². The average molecular weight is 479 g/mol. The van der Waals surface area contributed by atoms with Crippen molar-refractivity contribution in [2.24, 2.45) is 5.41 Å². The van der Waals surface area contributed by atoms with Crippen molar-refractivity contribution in [2.45, 2.75) is 19.0 Å². The Balaban J connectivity index is 1.67. The van der Waals surface area contributed by atoms with Gasteiger partial charge in [-0.2, -0.15) is 0 Å². The van der Waals surface area contributed by atoms with E-state index in [1.807, 2.05) is 89.8 Å². The van der Waals surface area contributed by atoms with Crippen molar-refractivity contribution in [3.8, 4) is 11.5 Å². The van der Waals surface area contributed by atoms with Crippen LogP contribution in [0.25, 0.3) is 0 Å². The molecule has 0 radical (unpaired) electrons. The van der Waals surface area contributed by atoms with Gasteiger partial charge in [-0.05, 0) is 42.3 Å². The minimum Gasteiger partial charge on any atom is -0.495 e. The number of anilines is 2. The summed E-state index contributed by atoms with van der Waals surface area (Å²) in [4.78, 5) is 16.2. The van der Waals surface area contributed by atoms with Crippen molar-refractivity contribution in [1.82, 2.24) is 0 Å². The molecule has 1 aliphatic rings. The monoisotopic (exact) mass is 478 g/mol. The van der Waals surface area contributed by atoms with Crippen LogP contribution in [0, 0.1) is 5.41 Å². The summed E-state index contributed by atoms with van der Waals surface area (Å²) in [5.41, 5.74) is 2.89. The molecule has 0 spiro atoms. The summed E-state index contributed by atoms with van der Waals surface area (Å²) < 4.78 is 11.3. The molecule has 1 heterocycles. The Kier molecular flexibility index (Phi) is 6.38. The van der Waals surface area contributed by atoms with Gasteiger partial charge in [0.15, 0.2) is 0 Å². The van der Waals surface area contributed by atoms with Gasteiger partial charge in [0.2, 0.25) is 5.91 Å². The topological polar surface area (TPSA) is 50.8 Å². The summed E-state index contributed by atoms with van der Waals surface area (Å²) in [6.07, 6.45) is 0. The molecule has 1 saturated heterocycles. The van der Waals surface area contributed by atoms with E-state index in [1.54, 1.807) is 14.2 Å². The lowest BCUT2D eigenvalue weighted by Crippen LogP contribution is -2.65. The number of methoxy groups -OCH3 is 2. The zero-order chi connectivity index (χ0) is 25.1. The van der Waals surface area contributed by atoms with E-state index in [1.165, 1.54) is 0 Å². The van der Waals surface area contributed by atoms with Gasteiger partial charge in [0.1, 0.15) is 11.5 Å². The number of hydrogen-bond donors (Lipinski definition) is 1. The van der Waals surface area contributed by atoms with Crippen LogP contribution in [0.3, 0.4) is 0 Å². The quantitative estimate of drug-likeness (QED) is 0.288. The molecule has 1 amide bonds. The molecule has 1 N–H and O–H groups in total. The molecule has 3 atom stereocenters. The Bertz CT molecular complexity index is 1300. The second-order valence-electron chi connectivity index (χ2n) is 9.13. The zero-order valence-corrected chi connectivity index (χ0v) is 20.7. The Morgan fingerprint density at radius 1 is 0.750 bits per heavy atom. The first-order valence-corrected chi connectivity index (χ1v) is 12.1. The van der Waals surface area contributed by atoms with Crippen LogP contribution >= 0.6 is 0 Å². The van der Waals surface area contributed by atoms with Crippen LogP contribution in [-0.2, 0) is 4.79 Å². The van der Waals surface area contributed by atoms with Crippen LogP contribution in [0.15, 0.2) is 109 Å². The van der Waals surface area contributed by atoms with Crippen molar-refractivity contribution in [1.29, 1.82) is 0 Å². The Morgan fingerprint density at radius 2 is 1.31 bits per heavy atom. The van der Waals surface area contributed by atoms with Crippen molar-refractivity contribution in [3.05, 3.63) is 120 Å². The lowest BCUT2D eigenvalue weighted by molar-refractivity contribution is -0.140. The maximum absolute atomic E-state index is 14.3. The Morgan fingerprint density at radius 3 is 1.97 bits per heavy atom. The van der Waals surface area contributed by atoms with Gasteiger partial charge >= 0.3 is 0 Å². The van der Waals surface area contributed by atoms with E-state index < -0.39 is 5.41 Å². The van der Waals surface area contributed by atoms with E-state index in [2.05, 4.69) is 36.5 Å². The highest BCUT2D eigenvalue weighted by atomic mass is 16.5. The minimum atomic E-state index is -0.801. The third-order valence-electron chi connectivity index (χ3n) is 7.11. The summed E-state index contributed by atoms with van der Waals surface area (Å²) in [6.45, 7) is 2.05. The number of ether oxygens (including phenoxy) is 2. The number of carbonyl (C=O) groups is 1. The lowest BCUT2D eigenvalue weighted by atomic mass is 9.62. The predicted octanol–water partition coefficient (Wildman–Crippen LogP) is 6.65. The number of amides is 1. The van der Waals surface area contributed by atoms with Crippen LogP contribution in [0.1, 0.15) is 30.1 Å². The average Bonchev–Trinajstić information content (AvgIpc) is 2.95. The summed E-state index contributed by atoms with van der Waals surface area (Å²) in [7, 11) is 3.29. The smallest absolute Gasteiger partial charge is 0.238 e. The van der Waals surface area contributed by atoms with Crippen molar-refractivity contribution in [2.75, 3.05) is 24.4 Å². The molecule has 182 valence electrons. The SMILES string of the molecule is COc1ccccc1NC(c1ccccc1)C1(C)C(=O)N(c2ccccc2OC)C1c1ccccc1. The number of nitrogens with one attached hydrogen (secondary N) is 1. The molecule has 5 rings (SSSR count). The van der Waals surface area contributed by atoms with E-state index in [0.717, 1.165) is 28.3 Å². The molecule has 5 heteroatoms. The van der Waals surface area contributed by atoms with E-state index in [0.29, 0.717) is 5.75 Å². The second kappa shape index (κ2) is 9.78. The van der Waals surface area contributed by atoms with E-state index in [-0.39, 0.29) is 18.0 Å². The summed E-state index contributed by atoms with van der Waals surface area (Å²) >= 11 is 0. The number of carbonyl (C=O) groups excluding carboxylic acids is 1. The van der Waals surface area contributed by atoms with Crippen LogP contribution in [0.2, 0.25) is 0 Å². The normalized spacial score (nSPS) is 19.8. The number of nitrogens with zero attached hydrogens (tertiary/aromatic N) is 1. The summed E-state index contributed by atoms with van der Waals surface area (Å²) in [5.74, 6) is 1.42. The second-order valence-corrected chi connectivity index (χ2v) is 9.13. The molecule has 3 unspecified atom stereocenters. The molecule has 1 aliphatic heterocycles. The van der Waals surface area contributed by atoms with Crippen LogP contribution < -0.4 is 19.7 Å². The summed E-state index contributed by atoms with van der Waals surface area (Å²) in [6, 6.07) is 35.3. The highest BCUT2D eigenvalue weighted by molar-refractivity contribution is 6.08. The van der Waals surface area contributed by atoms with E-state index in [4.69, 9.17) is 9.47 Å². The molecule has 36 heavy (non-hydrogen) atoms. The number of para-hydroxylation sites is 4. The van der Waals surface area contributed by atoms with Gasteiger partial charge in [0, 0.05) is 0 Å². The fourth-order valence-corrected chi connectivity index (χ4v) is 5.33. The van der Waals surface area contributed by atoms with Crippen LogP contribution in [0.4, 0.5) is 11.4 Å². The van der Waals surface area contributed by atoms with Gasteiger partial charge in [-0.25, -0.2) is 0 Å². The maximum Gasteiger partial charge on any atom is 0.238 e. The van der Waals surface area contributed by atoms with Gasteiger partial charge in [-0.1, -0.05) is 84.9 Å². The van der Waals surface area contributed by atoms with Gasteiger partial charge in [-0.15, -0.1) is 0 Å². The predicted molar refractivity (Wildman–Crippen MR) is 144 cm³/mol. The first-order chi connectivity index (χ1) is 17.6. The first kappa shape index (κ1) is 23.5. The largest absolute Gasteiger partial charge is 0.495 e. The third kappa shape index (κ3) is 3.87. The molecule has 1 fully saturated rings.